The van der Waals surface area contributed by atoms with Gasteiger partial charge in [0.25, 0.3) is 0 Å². The Morgan fingerprint density at radius 2 is 1.36 bits per heavy atom. The predicted molar refractivity (Wildman–Crippen MR) is 107 cm³/mol. The van der Waals surface area contributed by atoms with Crippen LogP contribution in [0.25, 0.3) is 0 Å². The van der Waals surface area contributed by atoms with Crippen molar-refractivity contribution in [2.24, 2.45) is 0 Å². The average Bonchev–Trinajstić information content (AvgIpc) is 2.78. The molecule has 1 fully saturated rings. The Bertz CT molecular complexity index is 843. The molecule has 4 nitrogen and oxygen atoms in total. The van der Waals surface area contributed by atoms with Gasteiger partial charge in [0.05, 0.1) is 19.8 Å². The number of rotatable bonds is 7. The summed E-state index contributed by atoms with van der Waals surface area (Å²) in [6, 6.07) is 28.1. The fraction of sp³-hybridized carbons (Fsp3) is 0.250. The van der Waals surface area contributed by atoms with Gasteiger partial charge in [0.15, 0.2) is 6.29 Å². The van der Waals surface area contributed by atoms with Crippen LogP contribution >= 0.6 is 0 Å². The van der Waals surface area contributed by atoms with Crippen LogP contribution < -0.4 is 4.74 Å². The first-order valence-electron chi connectivity index (χ1n) is 9.52. The van der Waals surface area contributed by atoms with E-state index in [-0.39, 0.29) is 6.10 Å². The third kappa shape index (κ3) is 5.20. The van der Waals surface area contributed by atoms with Gasteiger partial charge in [0.2, 0.25) is 0 Å². The predicted octanol–water partition coefficient (Wildman–Crippen LogP) is 4.90. The molecular formula is C24H24O4. The normalized spacial score (nSPS) is 19.3. The van der Waals surface area contributed by atoms with Gasteiger partial charge < -0.3 is 18.9 Å². The summed E-state index contributed by atoms with van der Waals surface area (Å²) in [5.74, 6) is 0.802. The lowest BCUT2D eigenvalue weighted by molar-refractivity contribution is -0.232. The molecule has 4 rings (SSSR count). The van der Waals surface area contributed by atoms with Crippen LogP contribution in [0.3, 0.4) is 0 Å². The second-order valence-corrected chi connectivity index (χ2v) is 6.76. The molecule has 3 aromatic carbocycles. The maximum absolute atomic E-state index is 5.90. The van der Waals surface area contributed by atoms with Gasteiger partial charge in [-0.15, -0.1) is 0 Å². The van der Waals surface area contributed by atoms with Gasteiger partial charge in [0, 0.05) is 5.56 Å². The first-order chi connectivity index (χ1) is 13.9. The SMILES string of the molecule is c1ccc(COc2cccc(C3OCC(OCc4ccccc4)CO3)c2)cc1. The van der Waals surface area contributed by atoms with Crippen molar-refractivity contribution in [3.8, 4) is 5.75 Å². The minimum absolute atomic E-state index is 0.0611. The minimum atomic E-state index is -0.392. The van der Waals surface area contributed by atoms with Gasteiger partial charge in [-0.05, 0) is 23.3 Å². The van der Waals surface area contributed by atoms with Crippen molar-refractivity contribution in [2.75, 3.05) is 13.2 Å². The molecule has 3 aromatic rings. The standard InChI is InChI=1S/C24H24O4/c1-3-8-19(9-4-1)15-25-22-13-7-12-21(14-22)24-27-17-23(18-28-24)26-16-20-10-5-2-6-11-20/h1-14,23-24H,15-18H2. The summed E-state index contributed by atoms with van der Waals surface area (Å²) < 4.78 is 23.5. The Kier molecular flexibility index (Phi) is 6.35. The maximum Gasteiger partial charge on any atom is 0.184 e. The second kappa shape index (κ2) is 9.51. The summed E-state index contributed by atoms with van der Waals surface area (Å²) in [5.41, 5.74) is 3.23. The van der Waals surface area contributed by atoms with Crippen molar-refractivity contribution in [2.45, 2.75) is 25.6 Å². The number of ether oxygens (including phenoxy) is 4. The van der Waals surface area contributed by atoms with Gasteiger partial charge >= 0.3 is 0 Å². The second-order valence-electron chi connectivity index (χ2n) is 6.76. The van der Waals surface area contributed by atoms with Crippen LogP contribution in [0.1, 0.15) is 23.0 Å². The van der Waals surface area contributed by atoms with E-state index in [2.05, 4.69) is 0 Å². The topological polar surface area (TPSA) is 36.9 Å². The largest absolute Gasteiger partial charge is 0.489 e. The van der Waals surface area contributed by atoms with Gasteiger partial charge in [0.1, 0.15) is 18.5 Å². The highest BCUT2D eigenvalue weighted by atomic mass is 16.7. The molecule has 0 bridgehead atoms. The molecule has 0 aromatic heterocycles. The van der Waals surface area contributed by atoms with E-state index in [4.69, 9.17) is 18.9 Å². The monoisotopic (exact) mass is 376 g/mol. The van der Waals surface area contributed by atoms with E-state index in [9.17, 15) is 0 Å². The zero-order valence-corrected chi connectivity index (χ0v) is 15.7. The molecule has 0 amide bonds. The fourth-order valence-corrected chi connectivity index (χ4v) is 3.05. The zero-order valence-electron chi connectivity index (χ0n) is 15.7. The quantitative estimate of drug-likeness (QED) is 0.588. The summed E-state index contributed by atoms with van der Waals surface area (Å²) in [6.07, 6.45) is -0.453. The first-order valence-corrected chi connectivity index (χ1v) is 9.52. The zero-order chi connectivity index (χ0) is 19.0. The van der Waals surface area contributed by atoms with Crippen LogP contribution in [0.2, 0.25) is 0 Å². The van der Waals surface area contributed by atoms with Gasteiger partial charge in [-0.3, -0.25) is 0 Å². The summed E-state index contributed by atoms with van der Waals surface area (Å²) in [4.78, 5) is 0. The molecule has 144 valence electrons. The van der Waals surface area contributed by atoms with Crippen molar-refractivity contribution in [3.63, 3.8) is 0 Å². The lowest BCUT2D eigenvalue weighted by Gasteiger charge is -2.29. The third-order valence-corrected chi connectivity index (χ3v) is 4.57. The average molecular weight is 376 g/mol. The molecule has 0 unspecified atom stereocenters. The maximum atomic E-state index is 5.90. The first kappa shape index (κ1) is 18.7. The molecule has 1 aliphatic heterocycles. The molecule has 0 radical (unpaired) electrons. The molecule has 1 aliphatic rings. The Labute approximate surface area is 165 Å². The van der Waals surface area contributed by atoms with E-state index < -0.39 is 6.29 Å². The van der Waals surface area contributed by atoms with Crippen molar-refractivity contribution < 1.29 is 18.9 Å². The van der Waals surface area contributed by atoms with Crippen molar-refractivity contribution in [1.82, 2.24) is 0 Å². The van der Waals surface area contributed by atoms with Gasteiger partial charge in [-0.25, -0.2) is 0 Å². The highest BCUT2D eigenvalue weighted by Gasteiger charge is 2.24. The molecule has 1 saturated heterocycles. The van der Waals surface area contributed by atoms with Crippen molar-refractivity contribution in [3.05, 3.63) is 102 Å². The molecule has 0 saturated carbocycles. The molecule has 0 spiro atoms. The Balaban J connectivity index is 1.27. The fourth-order valence-electron chi connectivity index (χ4n) is 3.05. The van der Waals surface area contributed by atoms with E-state index in [1.54, 1.807) is 0 Å². The van der Waals surface area contributed by atoms with Gasteiger partial charge in [-0.1, -0.05) is 72.8 Å². The van der Waals surface area contributed by atoms with Crippen LogP contribution in [0.15, 0.2) is 84.9 Å². The molecule has 0 atom stereocenters. The van der Waals surface area contributed by atoms with E-state index in [1.165, 1.54) is 0 Å². The molecule has 4 heteroatoms. The van der Waals surface area contributed by atoms with Crippen LogP contribution in [0.5, 0.6) is 5.75 Å². The lowest BCUT2D eigenvalue weighted by Crippen LogP contribution is -2.33. The number of hydrogen-bond acceptors (Lipinski definition) is 4. The van der Waals surface area contributed by atoms with E-state index in [0.717, 1.165) is 22.4 Å². The Morgan fingerprint density at radius 1 is 0.714 bits per heavy atom. The molecular weight excluding hydrogens is 352 g/mol. The van der Waals surface area contributed by atoms with Crippen LogP contribution in [0, 0.1) is 0 Å². The Morgan fingerprint density at radius 3 is 2.04 bits per heavy atom. The van der Waals surface area contributed by atoms with E-state index >= 15 is 0 Å². The number of benzene rings is 3. The van der Waals surface area contributed by atoms with Crippen LogP contribution in [0.4, 0.5) is 0 Å². The summed E-state index contributed by atoms with van der Waals surface area (Å²) >= 11 is 0. The van der Waals surface area contributed by atoms with Gasteiger partial charge in [-0.2, -0.15) is 0 Å². The Hall–Kier alpha value is -2.66. The van der Waals surface area contributed by atoms with Crippen LogP contribution in [-0.2, 0) is 27.4 Å². The lowest BCUT2D eigenvalue weighted by atomic mass is 10.2. The van der Waals surface area contributed by atoms with Crippen LogP contribution in [-0.4, -0.2) is 19.3 Å². The summed E-state index contributed by atoms with van der Waals surface area (Å²) in [7, 11) is 0. The van der Waals surface area contributed by atoms with E-state index in [0.29, 0.717) is 26.4 Å². The van der Waals surface area contributed by atoms with E-state index in [1.807, 2.05) is 84.9 Å². The highest BCUT2D eigenvalue weighted by Crippen LogP contribution is 2.27. The summed E-state index contributed by atoms with van der Waals surface area (Å²) in [5, 5.41) is 0. The molecule has 0 aliphatic carbocycles. The molecule has 0 N–H and O–H groups in total. The van der Waals surface area contributed by atoms with Crippen molar-refractivity contribution in [1.29, 1.82) is 0 Å². The summed E-state index contributed by atoms with van der Waals surface area (Å²) in [6.45, 7) is 2.11. The molecule has 1 heterocycles. The smallest absolute Gasteiger partial charge is 0.184 e. The molecule has 28 heavy (non-hydrogen) atoms. The minimum Gasteiger partial charge on any atom is -0.489 e. The third-order valence-electron chi connectivity index (χ3n) is 4.57. The number of hydrogen-bond donors (Lipinski definition) is 0. The highest BCUT2D eigenvalue weighted by molar-refractivity contribution is 5.30. The van der Waals surface area contributed by atoms with Crippen molar-refractivity contribution >= 4 is 0 Å².